The molecule has 0 atom stereocenters. The molecule has 0 bridgehead atoms. The van der Waals surface area contributed by atoms with E-state index in [4.69, 9.17) is 5.21 Å². The lowest BCUT2D eigenvalue weighted by Gasteiger charge is -2.29. The van der Waals surface area contributed by atoms with E-state index >= 15 is 0 Å². The van der Waals surface area contributed by atoms with Crippen LogP contribution in [0.1, 0.15) is 31.8 Å². The van der Waals surface area contributed by atoms with Crippen LogP contribution in [0, 0.1) is 0 Å². The molecule has 2 heterocycles. The molecule has 0 saturated carbocycles. The number of benzene rings is 2. The normalized spacial score (nSPS) is 13.1. The number of amides is 2. The Hall–Kier alpha value is -3.58. The Morgan fingerprint density at radius 2 is 1.79 bits per heavy atom. The molecule has 2 aromatic carbocycles. The maximum absolute atomic E-state index is 12.9. The highest BCUT2D eigenvalue weighted by molar-refractivity contribution is 5.97. The Morgan fingerprint density at radius 3 is 2.50 bits per heavy atom. The number of aromatic nitrogens is 1. The van der Waals surface area contributed by atoms with Gasteiger partial charge in [-0.2, -0.15) is 0 Å². The van der Waals surface area contributed by atoms with E-state index in [2.05, 4.69) is 0 Å². The molecule has 142 valence electrons. The van der Waals surface area contributed by atoms with Crippen LogP contribution in [0.2, 0.25) is 0 Å². The van der Waals surface area contributed by atoms with Gasteiger partial charge in [-0.05, 0) is 53.9 Å². The molecule has 7 heteroatoms. The van der Waals surface area contributed by atoms with Crippen molar-refractivity contribution in [1.29, 1.82) is 0 Å². The zero-order valence-corrected chi connectivity index (χ0v) is 15.0. The molecule has 1 aromatic heterocycles. The quantitative estimate of drug-likeness (QED) is 0.483. The zero-order valence-electron chi connectivity index (χ0n) is 15.0. The molecule has 3 N–H and O–H groups in total. The van der Waals surface area contributed by atoms with Crippen molar-refractivity contribution in [2.75, 3.05) is 6.54 Å². The molecule has 2 amide bonds. The smallest absolute Gasteiger partial charge is 0.274 e. The van der Waals surface area contributed by atoms with Crippen LogP contribution in [-0.4, -0.2) is 38.1 Å². The molecule has 0 unspecified atom stereocenters. The van der Waals surface area contributed by atoms with Crippen molar-refractivity contribution >= 4 is 11.8 Å². The molecule has 3 aromatic rings. The molecule has 4 rings (SSSR count). The van der Waals surface area contributed by atoms with E-state index in [1.165, 1.54) is 0 Å². The van der Waals surface area contributed by atoms with E-state index in [1.807, 2.05) is 35.2 Å². The average molecular weight is 377 g/mol. The predicted octanol–water partition coefficient (Wildman–Crippen LogP) is 2.50. The van der Waals surface area contributed by atoms with Gasteiger partial charge in [0.2, 0.25) is 0 Å². The van der Waals surface area contributed by atoms with Crippen LogP contribution >= 0.6 is 0 Å². The maximum atomic E-state index is 12.9. The second kappa shape index (κ2) is 7.21. The van der Waals surface area contributed by atoms with Crippen molar-refractivity contribution < 1.29 is 19.9 Å². The number of fused-ring (bicyclic) bond motifs is 1. The fraction of sp³-hybridized carbons (Fsp3) is 0.143. The number of hydrogen-bond donors (Lipinski definition) is 3. The minimum atomic E-state index is -0.593. The second-order valence-corrected chi connectivity index (χ2v) is 6.69. The van der Waals surface area contributed by atoms with Gasteiger partial charge in [0.1, 0.15) is 5.75 Å². The van der Waals surface area contributed by atoms with Crippen LogP contribution in [0.3, 0.4) is 0 Å². The molecule has 7 nitrogen and oxygen atoms in total. The fourth-order valence-electron chi connectivity index (χ4n) is 3.47. The van der Waals surface area contributed by atoms with E-state index in [9.17, 15) is 14.7 Å². The molecule has 0 saturated heterocycles. The molecule has 1 aliphatic heterocycles. The van der Waals surface area contributed by atoms with Gasteiger partial charge < -0.3 is 14.6 Å². The summed E-state index contributed by atoms with van der Waals surface area (Å²) in [7, 11) is 0. The minimum Gasteiger partial charge on any atom is -0.507 e. The molecule has 0 radical (unpaired) electrons. The predicted molar refractivity (Wildman–Crippen MR) is 102 cm³/mol. The lowest BCUT2D eigenvalue weighted by molar-refractivity contribution is 0.0706. The van der Waals surface area contributed by atoms with Gasteiger partial charge in [0.15, 0.2) is 0 Å². The van der Waals surface area contributed by atoms with Gasteiger partial charge in [0.25, 0.3) is 11.8 Å². The summed E-state index contributed by atoms with van der Waals surface area (Å²) in [5, 5.41) is 19.2. The highest BCUT2D eigenvalue weighted by Crippen LogP contribution is 2.26. The van der Waals surface area contributed by atoms with Gasteiger partial charge in [0, 0.05) is 42.8 Å². The fourth-order valence-corrected chi connectivity index (χ4v) is 3.47. The first-order chi connectivity index (χ1) is 13.6. The SMILES string of the molecule is O=C(NO)c1ccc2c(c1)CN(C(=O)c1ccc(-n3cccc3)cc1O)CC2. The topological polar surface area (TPSA) is 94.8 Å². The van der Waals surface area contributed by atoms with E-state index in [1.54, 1.807) is 40.7 Å². The van der Waals surface area contributed by atoms with Crippen LogP contribution in [0.15, 0.2) is 60.9 Å². The molecule has 0 aliphatic carbocycles. The summed E-state index contributed by atoms with van der Waals surface area (Å²) >= 11 is 0. The van der Waals surface area contributed by atoms with Crippen molar-refractivity contribution in [3.8, 4) is 11.4 Å². The third-order valence-electron chi connectivity index (χ3n) is 4.98. The van der Waals surface area contributed by atoms with Crippen molar-refractivity contribution in [3.05, 3.63) is 83.2 Å². The van der Waals surface area contributed by atoms with E-state index in [0.29, 0.717) is 25.1 Å². The summed E-state index contributed by atoms with van der Waals surface area (Å²) in [6.45, 7) is 0.857. The van der Waals surface area contributed by atoms with Gasteiger partial charge in [-0.1, -0.05) is 6.07 Å². The van der Waals surface area contributed by atoms with Crippen LogP contribution < -0.4 is 5.48 Å². The Kier molecular flexibility index (Phi) is 4.58. The Labute approximate surface area is 161 Å². The number of aromatic hydroxyl groups is 1. The first-order valence-electron chi connectivity index (χ1n) is 8.88. The van der Waals surface area contributed by atoms with E-state index in [0.717, 1.165) is 16.8 Å². The summed E-state index contributed by atoms with van der Waals surface area (Å²) < 4.78 is 1.85. The third kappa shape index (κ3) is 3.23. The van der Waals surface area contributed by atoms with Crippen LogP contribution in [0.4, 0.5) is 0 Å². The van der Waals surface area contributed by atoms with Crippen LogP contribution in [0.5, 0.6) is 5.75 Å². The largest absolute Gasteiger partial charge is 0.507 e. The Morgan fingerprint density at radius 1 is 1.00 bits per heavy atom. The number of phenolic OH excluding ortho intramolecular Hbond substituents is 1. The monoisotopic (exact) mass is 377 g/mol. The lowest BCUT2D eigenvalue weighted by Crippen LogP contribution is -2.36. The summed E-state index contributed by atoms with van der Waals surface area (Å²) in [4.78, 5) is 26.2. The summed E-state index contributed by atoms with van der Waals surface area (Å²) in [6, 6.07) is 13.9. The number of rotatable bonds is 3. The highest BCUT2D eigenvalue weighted by atomic mass is 16.5. The van der Waals surface area contributed by atoms with Crippen molar-refractivity contribution in [1.82, 2.24) is 14.9 Å². The lowest BCUT2D eigenvalue weighted by atomic mass is 9.96. The maximum Gasteiger partial charge on any atom is 0.274 e. The number of hydroxylamine groups is 1. The Bertz CT molecular complexity index is 1040. The first-order valence-corrected chi connectivity index (χ1v) is 8.88. The number of nitrogens with one attached hydrogen (secondary N) is 1. The average Bonchev–Trinajstić information content (AvgIpc) is 3.26. The third-order valence-corrected chi connectivity index (χ3v) is 4.98. The van der Waals surface area contributed by atoms with E-state index in [-0.39, 0.29) is 17.2 Å². The van der Waals surface area contributed by atoms with Crippen molar-refractivity contribution in [2.24, 2.45) is 0 Å². The second-order valence-electron chi connectivity index (χ2n) is 6.69. The zero-order chi connectivity index (χ0) is 19.7. The highest BCUT2D eigenvalue weighted by Gasteiger charge is 2.24. The van der Waals surface area contributed by atoms with Crippen molar-refractivity contribution in [2.45, 2.75) is 13.0 Å². The number of nitrogens with zero attached hydrogens (tertiary/aromatic N) is 2. The van der Waals surface area contributed by atoms with Gasteiger partial charge >= 0.3 is 0 Å². The summed E-state index contributed by atoms with van der Waals surface area (Å²) in [5.41, 5.74) is 4.86. The van der Waals surface area contributed by atoms with Gasteiger partial charge in [0.05, 0.1) is 5.56 Å². The molecule has 1 aliphatic rings. The molecular formula is C21H19N3O4. The van der Waals surface area contributed by atoms with Crippen LogP contribution in [0.25, 0.3) is 5.69 Å². The van der Waals surface area contributed by atoms with Crippen molar-refractivity contribution in [3.63, 3.8) is 0 Å². The number of carbonyl (C=O) groups is 2. The molecular weight excluding hydrogens is 358 g/mol. The van der Waals surface area contributed by atoms with Gasteiger partial charge in [-0.15, -0.1) is 0 Å². The molecule has 0 spiro atoms. The van der Waals surface area contributed by atoms with E-state index < -0.39 is 5.91 Å². The standard InChI is InChI=1S/C21H19N3O4/c25-19-12-17(23-8-1-2-9-23)5-6-18(19)21(27)24-10-7-14-3-4-15(20(26)22-28)11-16(14)13-24/h1-6,8-9,11-12,25,28H,7,10,13H2,(H,22,26). The van der Waals surface area contributed by atoms with Gasteiger partial charge in [-0.25, -0.2) is 5.48 Å². The molecule has 0 fully saturated rings. The van der Waals surface area contributed by atoms with Crippen LogP contribution in [-0.2, 0) is 13.0 Å². The number of phenols is 1. The summed E-state index contributed by atoms with van der Waals surface area (Å²) in [5.74, 6) is -0.931. The number of carbonyl (C=O) groups excluding carboxylic acids is 2. The Balaban J connectivity index is 1.57. The minimum absolute atomic E-state index is 0.0737. The number of hydrogen-bond acceptors (Lipinski definition) is 4. The summed E-state index contributed by atoms with van der Waals surface area (Å²) in [6.07, 6.45) is 4.38. The first kappa shape index (κ1) is 17.8. The van der Waals surface area contributed by atoms with Gasteiger partial charge in [-0.3, -0.25) is 14.8 Å². The molecule has 28 heavy (non-hydrogen) atoms.